The average molecular weight is 313 g/mol. The normalized spacial score (nSPS) is 21.0. The predicted octanol–water partition coefficient (Wildman–Crippen LogP) is 1.45. The van der Waals surface area contributed by atoms with Crippen molar-refractivity contribution in [3.63, 3.8) is 0 Å². The summed E-state index contributed by atoms with van der Waals surface area (Å²) >= 11 is 1.49. The summed E-state index contributed by atoms with van der Waals surface area (Å²) in [5.74, 6) is -0.846. The zero-order valence-corrected chi connectivity index (χ0v) is 12.3. The Labute approximate surface area is 125 Å². The van der Waals surface area contributed by atoms with Crippen LogP contribution in [0, 0.1) is 5.82 Å². The average Bonchev–Trinajstić information content (AvgIpc) is 2.88. The van der Waals surface area contributed by atoms with E-state index in [4.69, 9.17) is 4.74 Å². The number of hydrogen-bond donors (Lipinski definition) is 2. The number of thioether (sulfide) groups is 1. The van der Waals surface area contributed by atoms with Gasteiger partial charge in [-0.2, -0.15) is 11.8 Å². The molecule has 1 atom stereocenters. The molecular weight excluding hydrogens is 297 g/mol. The Kier molecular flexibility index (Phi) is 4.72. The van der Waals surface area contributed by atoms with Crippen LogP contribution in [0.1, 0.15) is 12.0 Å². The standard InChI is InChI=1S/C14H16FNO4S/c1-20-11-3-2-9(6-10(11)15)7-12(17)16-14(13(18)19)4-5-21-8-14/h2-3,6H,4-5,7-8H2,1H3,(H,16,17)(H,18,19)/t14-/m1/s1. The minimum absolute atomic E-state index is 0.0688. The number of carbonyl (C=O) groups is 2. The van der Waals surface area contributed by atoms with Gasteiger partial charge in [-0.3, -0.25) is 4.79 Å². The summed E-state index contributed by atoms with van der Waals surface area (Å²) < 4.78 is 18.4. The van der Waals surface area contributed by atoms with Crippen LogP contribution in [0.25, 0.3) is 0 Å². The third kappa shape index (κ3) is 3.47. The van der Waals surface area contributed by atoms with Gasteiger partial charge in [0.2, 0.25) is 5.91 Å². The highest BCUT2D eigenvalue weighted by Crippen LogP contribution is 2.28. The third-order valence-corrected chi connectivity index (χ3v) is 4.58. The van der Waals surface area contributed by atoms with E-state index in [0.29, 0.717) is 23.5 Å². The highest BCUT2D eigenvalue weighted by Gasteiger charge is 2.43. The van der Waals surface area contributed by atoms with Crippen molar-refractivity contribution in [2.45, 2.75) is 18.4 Å². The number of carbonyl (C=O) groups excluding carboxylic acids is 1. The summed E-state index contributed by atoms with van der Waals surface area (Å²) in [4.78, 5) is 23.4. The molecule has 1 aromatic carbocycles. The van der Waals surface area contributed by atoms with E-state index < -0.39 is 23.2 Å². The van der Waals surface area contributed by atoms with E-state index >= 15 is 0 Å². The van der Waals surface area contributed by atoms with Gasteiger partial charge < -0.3 is 15.2 Å². The van der Waals surface area contributed by atoms with Gasteiger partial charge in [0.15, 0.2) is 11.6 Å². The molecule has 0 saturated carbocycles. The van der Waals surface area contributed by atoms with Crippen molar-refractivity contribution in [1.82, 2.24) is 5.32 Å². The lowest BCUT2D eigenvalue weighted by molar-refractivity contribution is -0.146. The summed E-state index contributed by atoms with van der Waals surface area (Å²) in [6.07, 6.45) is 0.330. The fourth-order valence-electron chi connectivity index (χ4n) is 2.20. The summed E-state index contributed by atoms with van der Waals surface area (Å²) in [7, 11) is 1.36. The molecular formula is C14H16FNO4S. The third-order valence-electron chi connectivity index (χ3n) is 3.39. The Morgan fingerprint density at radius 3 is 2.81 bits per heavy atom. The Morgan fingerprint density at radius 2 is 2.29 bits per heavy atom. The van der Waals surface area contributed by atoms with Crippen LogP contribution in [0.5, 0.6) is 5.75 Å². The van der Waals surface area contributed by atoms with Crippen molar-refractivity contribution in [3.8, 4) is 5.75 Å². The molecule has 1 fully saturated rings. The number of methoxy groups -OCH3 is 1. The molecule has 1 heterocycles. The Bertz CT molecular complexity index is 558. The molecule has 1 aliphatic rings. The van der Waals surface area contributed by atoms with E-state index in [2.05, 4.69) is 5.32 Å². The lowest BCUT2D eigenvalue weighted by Crippen LogP contribution is -2.55. The lowest BCUT2D eigenvalue weighted by Gasteiger charge is -2.24. The van der Waals surface area contributed by atoms with E-state index in [0.717, 1.165) is 0 Å². The first-order valence-electron chi connectivity index (χ1n) is 6.41. The minimum Gasteiger partial charge on any atom is -0.494 e. The monoisotopic (exact) mass is 313 g/mol. The number of benzene rings is 1. The number of rotatable bonds is 5. The van der Waals surface area contributed by atoms with E-state index in [9.17, 15) is 19.1 Å². The topological polar surface area (TPSA) is 75.6 Å². The zero-order valence-electron chi connectivity index (χ0n) is 11.5. The molecule has 7 heteroatoms. The fraction of sp³-hybridized carbons (Fsp3) is 0.429. The Balaban J connectivity index is 2.04. The van der Waals surface area contributed by atoms with Gasteiger partial charge in [-0.15, -0.1) is 0 Å². The first kappa shape index (κ1) is 15.6. The summed E-state index contributed by atoms with van der Waals surface area (Å²) in [5.41, 5.74) is -0.732. The van der Waals surface area contributed by atoms with E-state index in [1.165, 1.54) is 31.0 Å². The maximum Gasteiger partial charge on any atom is 0.330 e. The number of amides is 1. The fourth-order valence-corrected chi connectivity index (χ4v) is 3.53. The largest absolute Gasteiger partial charge is 0.494 e. The zero-order chi connectivity index (χ0) is 15.5. The number of hydrogen-bond acceptors (Lipinski definition) is 4. The molecule has 0 spiro atoms. The molecule has 0 radical (unpaired) electrons. The first-order chi connectivity index (χ1) is 9.97. The van der Waals surface area contributed by atoms with Crippen molar-refractivity contribution >= 4 is 23.6 Å². The maximum atomic E-state index is 13.6. The van der Waals surface area contributed by atoms with Crippen LogP contribution in [0.4, 0.5) is 4.39 Å². The van der Waals surface area contributed by atoms with Crippen LogP contribution in [-0.2, 0) is 16.0 Å². The van der Waals surface area contributed by atoms with E-state index in [1.807, 2.05) is 0 Å². The van der Waals surface area contributed by atoms with E-state index in [-0.39, 0.29) is 12.2 Å². The minimum atomic E-state index is -1.20. The van der Waals surface area contributed by atoms with Crippen LogP contribution in [0.2, 0.25) is 0 Å². The van der Waals surface area contributed by atoms with Crippen LogP contribution >= 0.6 is 11.8 Å². The Morgan fingerprint density at radius 1 is 1.52 bits per heavy atom. The predicted molar refractivity (Wildman–Crippen MR) is 77.1 cm³/mol. The van der Waals surface area contributed by atoms with Gasteiger partial charge in [-0.1, -0.05) is 6.07 Å². The maximum absolute atomic E-state index is 13.6. The smallest absolute Gasteiger partial charge is 0.330 e. The molecule has 0 aliphatic carbocycles. The molecule has 114 valence electrons. The van der Waals surface area contributed by atoms with Gasteiger partial charge >= 0.3 is 5.97 Å². The number of carboxylic acid groups (broad SMARTS) is 1. The SMILES string of the molecule is COc1ccc(CC(=O)N[C@]2(C(=O)O)CCSC2)cc1F. The highest BCUT2D eigenvalue weighted by atomic mass is 32.2. The molecule has 21 heavy (non-hydrogen) atoms. The second kappa shape index (κ2) is 6.34. The van der Waals surface area contributed by atoms with Gasteiger partial charge in [0.1, 0.15) is 5.54 Å². The highest BCUT2D eigenvalue weighted by molar-refractivity contribution is 7.99. The molecule has 5 nitrogen and oxygen atoms in total. The molecule has 1 aromatic rings. The second-order valence-corrected chi connectivity index (χ2v) is 5.99. The molecule has 1 amide bonds. The summed E-state index contributed by atoms with van der Waals surface area (Å²) in [6, 6.07) is 4.24. The van der Waals surface area contributed by atoms with Crippen molar-refractivity contribution in [2.24, 2.45) is 0 Å². The van der Waals surface area contributed by atoms with Gasteiger partial charge in [0.05, 0.1) is 13.5 Å². The summed E-state index contributed by atoms with van der Waals surface area (Å²) in [6.45, 7) is 0. The van der Waals surface area contributed by atoms with Crippen molar-refractivity contribution in [2.75, 3.05) is 18.6 Å². The number of nitrogens with one attached hydrogen (secondary N) is 1. The molecule has 0 aromatic heterocycles. The quantitative estimate of drug-likeness (QED) is 0.860. The molecule has 1 saturated heterocycles. The van der Waals surface area contributed by atoms with Crippen molar-refractivity contribution < 1.29 is 23.8 Å². The number of carboxylic acids is 1. The molecule has 0 bridgehead atoms. The van der Waals surface area contributed by atoms with Gasteiger partial charge in [-0.05, 0) is 29.9 Å². The van der Waals surface area contributed by atoms with Crippen LogP contribution in [-0.4, -0.2) is 41.1 Å². The Hall–Kier alpha value is -1.76. The van der Waals surface area contributed by atoms with Gasteiger partial charge in [0, 0.05) is 5.75 Å². The molecule has 2 N–H and O–H groups in total. The number of ether oxygens (including phenoxy) is 1. The van der Waals surface area contributed by atoms with Crippen molar-refractivity contribution in [3.05, 3.63) is 29.6 Å². The summed E-state index contributed by atoms with van der Waals surface area (Å²) in [5, 5.41) is 11.9. The molecule has 0 unspecified atom stereocenters. The van der Waals surface area contributed by atoms with E-state index in [1.54, 1.807) is 6.07 Å². The molecule has 2 rings (SSSR count). The van der Waals surface area contributed by atoms with Crippen molar-refractivity contribution in [1.29, 1.82) is 0 Å². The molecule has 1 aliphatic heterocycles. The number of aliphatic carboxylic acids is 1. The lowest BCUT2D eigenvalue weighted by atomic mass is 9.98. The second-order valence-electron chi connectivity index (χ2n) is 4.88. The van der Waals surface area contributed by atoms with Gasteiger partial charge in [0.25, 0.3) is 0 Å². The number of halogens is 1. The van der Waals surface area contributed by atoms with Gasteiger partial charge in [-0.25, -0.2) is 9.18 Å². The van der Waals surface area contributed by atoms with Crippen LogP contribution in [0.3, 0.4) is 0 Å². The van der Waals surface area contributed by atoms with Crippen LogP contribution < -0.4 is 10.1 Å². The first-order valence-corrected chi connectivity index (χ1v) is 7.57. The van der Waals surface area contributed by atoms with Crippen LogP contribution in [0.15, 0.2) is 18.2 Å².